The zero-order chi connectivity index (χ0) is 27.7. The van der Waals surface area contributed by atoms with E-state index in [4.69, 9.17) is 14.2 Å². The van der Waals surface area contributed by atoms with Crippen LogP contribution in [0.15, 0.2) is 60.7 Å². The molecule has 0 saturated heterocycles. The molecule has 200 valence electrons. The fourth-order valence-electron chi connectivity index (χ4n) is 3.44. The minimum absolute atomic E-state index is 0.0909. The van der Waals surface area contributed by atoms with E-state index in [9.17, 15) is 24.3 Å². The van der Waals surface area contributed by atoms with Crippen molar-refractivity contribution in [2.45, 2.75) is 51.9 Å². The maximum absolute atomic E-state index is 12.9. The summed E-state index contributed by atoms with van der Waals surface area (Å²) in [6.45, 7) is 4.79. The van der Waals surface area contributed by atoms with Crippen LogP contribution in [0.5, 0.6) is 5.75 Å². The molecule has 0 aliphatic heterocycles. The molecular weight excluding hydrogens is 492 g/mol. The van der Waals surface area contributed by atoms with Crippen LogP contribution in [-0.2, 0) is 30.5 Å². The third-order valence-corrected chi connectivity index (χ3v) is 5.16. The van der Waals surface area contributed by atoms with Crippen LogP contribution in [0.2, 0.25) is 0 Å². The van der Waals surface area contributed by atoms with Crippen molar-refractivity contribution < 1.29 is 38.5 Å². The molecule has 0 spiro atoms. The Labute approximate surface area is 219 Å². The van der Waals surface area contributed by atoms with Crippen LogP contribution in [-0.4, -0.2) is 52.2 Å². The van der Waals surface area contributed by atoms with Gasteiger partial charge in [-0.1, -0.05) is 42.5 Å². The van der Waals surface area contributed by atoms with Gasteiger partial charge in [-0.25, -0.2) is 14.6 Å². The van der Waals surface area contributed by atoms with Gasteiger partial charge in [0.05, 0.1) is 5.52 Å². The molecule has 1 atom stereocenters. The Morgan fingerprint density at radius 1 is 0.974 bits per heavy atom. The number of ether oxygens (including phenoxy) is 3. The topological polar surface area (TPSA) is 141 Å². The SMILES string of the molecule is CC(C)(C)OC(=O)CC[C@H](NC(=O)c1cc(OCC(=O)OCc2ccccc2)c2ccccc2n1)C(=O)O. The number of aromatic nitrogens is 1. The molecule has 2 N–H and O–H groups in total. The summed E-state index contributed by atoms with van der Waals surface area (Å²) in [6.07, 6.45) is -0.362. The lowest BCUT2D eigenvalue weighted by Gasteiger charge is -2.20. The van der Waals surface area contributed by atoms with Crippen molar-refractivity contribution in [3.63, 3.8) is 0 Å². The van der Waals surface area contributed by atoms with Gasteiger partial charge in [-0.2, -0.15) is 0 Å². The molecule has 1 heterocycles. The highest BCUT2D eigenvalue weighted by atomic mass is 16.6. The summed E-state index contributed by atoms with van der Waals surface area (Å²) < 4.78 is 16.1. The first-order chi connectivity index (χ1) is 18.0. The lowest BCUT2D eigenvalue weighted by Crippen LogP contribution is -2.41. The number of para-hydroxylation sites is 1. The summed E-state index contributed by atoms with van der Waals surface area (Å²) in [4.78, 5) is 53.2. The number of carboxylic acid groups (broad SMARTS) is 1. The second kappa shape index (κ2) is 12.7. The van der Waals surface area contributed by atoms with Crippen molar-refractivity contribution in [1.82, 2.24) is 10.3 Å². The van der Waals surface area contributed by atoms with Crippen molar-refractivity contribution in [2.24, 2.45) is 0 Å². The van der Waals surface area contributed by atoms with Gasteiger partial charge in [0.15, 0.2) is 6.61 Å². The molecule has 2 aromatic carbocycles. The Morgan fingerprint density at radius 2 is 1.66 bits per heavy atom. The maximum atomic E-state index is 12.9. The molecule has 1 aromatic heterocycles. The van der Waals surface area contributed by atoms with Gasteiger partial charge in [0.1, 0.15) is 29.7 Å². The van der Waals surface area contributed by atoms with Crippen LogP contribution < -0.4 is 10.1 Å². The summed E-state index contributed by atoms with van der Waals surface area (Å²) >= 11 is 0. The summed E-state index contributed by atoms with van der Waals surface area (Å²) in [5.74, 6) is -3.05. The van der Waals surface area contributed by atoms with Crippen LogP contribution in [0.4, 0.5) is 0 Å². The van der Waals surface area contributed by atoms with E-state index in [1.807, 2.05) is 30.3 Å². The molecule has 0 bridgehead atoms. The smallest absolute Gasteiger partial charge is 0.344 e. The number of nitrogens with one attached hydrogen (secondary N) is 1. The number of rotatable bonds is 11. The van der Waals surface area contributed by atoms with Gasteiger partial charge in [-0.05, 0) is 44.9 Å². The third kappa shape index (κ3) is 8.58. The molecular formula is C28H30N2O8. The highest BCUT2D eigenvalue weighted by molar-refractivity contribution is 5.98. The van der Waals surface area contributed by atoms with Gasteiger partial charge in [0, 0.05) is 17.9 Å². The molecule has 10 heteroatoms. The van der Waals surface area contributed by atoms with E-state index < -0.39 is 42.1 Å². The largest absolute Gasteiger partial charge is 0.481 e. The molecule has 10 nitrogen and oxygen atoms in total. The van der Waals surface area contributed by atoms with Crippen LogP contribution in [0, 0.1) is 0 Å². The number of nitrogens with zero attached hydrogens (tertiary/aromatic N) is 1. The standard InChI is InChI=1S/C28H30N2O8/c1-28(2,3)38-24(31)14-13-21(27(34)35)30-26(33)22-15-23(19-11-7-8-12-20(19)29-22)36-17-25(32)37-16-18-9-5-4-6-10-18/h4-12,15,21H,13-14,16-17H2,1-3H3,(H,30,33)(H,34,35)/t21-/m0/s1. The minimum atomic E-state index is -1.35. The lowest BCUT2D eigenvalue weighted by atomic mass is 10.1. The molecule has 0 radical (unpaired) electrons. The lowest BCUT2D eigenvalue weighted by molar-refractivity contribution is -0.155. The maximum Gasteiger partial charge on any atom is 0.344 e. The molecule has 38 heavy (non-hydrogen) atoms. The monoisotopic (exact) mass is 522 g/mol. The first-order valence-electron chi connectivity index (χ1n) is 12.0. The van der Waals surface area contributed by atoms with E-state index in [0.717, 1.165) is 5.56 Å². The van der Waals surface area contributed by atoms with Gasteiger partial charge in [0.25, 0.3) is 5.91 Å². The Bertz CT molecular complexity index is 1300. The number of hydrogen-bond donors (Lipinski definition) is 2. The summed E-state index contributed by atoms with van der Waals surface area (Å²) in [5, 5.41) is 12.5. The Morgan fingerprint density at radius 3 is 2.34 bits per heavy atom. The van der Waals surface area contributed by atoms with Crippen molar-refractivity contribution in [2.75, 3.05) is 6.61 Å². The fraction of sp³-hybridized carbons (Fsp3) is 0.321. The molecule has 3 aromatic rings. The van der Waals surface area contributed by atoms with Gasteiger partial charge in [-0.3, -0.25) is 9.59 Å². The third-order valence-electron chi connectivity index (χ3n) is 5.16. The van der Waals surface area contributed by atoms with E-state index in [-0.39, 0.29) is 30.9 Å². The molecule has 0 saturated carbocycles. The van der Waals surface area contributed by atoms with Crippen molar-refractivity contribution in [1.29, 1.82) is 0 Å². The first-order valence-corrected chi connectivity index (χ1v) is 12.0. The predicted octanol–water partition coefficient (Wildman–Crippen LogP) is 3.66. The number of carboxylic acids is 1. The van der Waals surface area contributed by atoms with E-state index in [1.54, 1.807) is 45.0 Å². The van der Waals surface area contributed by atoms with Crippen molar-refractivity contribution in [3.05, 3.63) is 71.9 Å². The Balaban J connectivity index is 1.69. The number of esters is 2. The molecule has 0 aliphatic carbocycles. The molecule has 0 aliphatic rings. The predicted molar refractivity (Wildman–Crippen MR) is 137 cm³/mol. The van der Waals surface area contributed by atoms with Crippen LogP contribution in [0.3, 0.4) is 0 Å². The molecule has 0 fully saturated rings. The van der Waals surface area contributed by atoms with Crippen LogP contribution in [0.1, 0.15) is 49.7 Å². The number of benzene rings is 2. The quantitative estimate of drug-likeness (QED) is 0.361. The van der Waals surface area contributed by atoms with E-state index in [2.05, 4.69) is 10.3 Å². The molecule has 0 unspecified atom stereocenters. The van der Waals surface area contributed by atoms with Gasteiger partial charge in [0.2, 0.25) is 0 Å². The normalized spacial score (nSPS) is 11.9. The Kier molecular flexibility index (Phi) is 9.37. The zero-order valence-corrected chi connectivity index (χ0v) is 21.4. The average Bonchev–Trinajstić information content (AvgIpc) is 2.87. The second-order valence-electron chi connectivity index (χ2n) is 9.45. The van der Waals surface area contributed by atoms with Crippen molar-refractivity contribution >= 4 is 34.7 Å². The fourth-order valence-corrected chi connectivity index (χ4v) is 3.44. The average molecular weight is 523 g/mol. The highest BCUT2D eigenvalue weighted by Gasteiger charge is 2.25. The number of carbonyl (C=O) groups is 4. The van der Waals surface area contributed by atoms with Gasteiger partial charge < -0.3 is 24.6 Å². The first kappa shape index (κ1) is 28.1. The number of amides is 1. The van der Waals surface area contributed by atoms with E-state index in [1.165, 1.54) is 6.07 Å². The molecule has 1 amide bonds. The Hall–Kier alpha value is -4.47. The second-order valence-corrected chi connectivity index (χ2v) is 9.45. The summed E-state index contributed by atoms with van der Waals surface area (Å²) in [7, 11) is 0. The van der Waals surface area contributed by atoms with Crippen molar-refractivity contribution in [3.8, 4) is 5.75 Å². The van der Waals surface area contributed by atoms with E-state index >= 15 is 0 Å². The van der Waals surface area contributed by atoms with Crippen LogP contribution >= 0.6 is 0 Å². The highest BCUT2D eigenvalue weighted by Crippen LogP contribution is 2.25. The van der Waals surface area contributed by atoms with Gasteiger partial charge >= 0.3 is 17.9 Å². The number of fused-ring (bicyclic) bond motifs is 1. The van der Waals surface area contributed by atoms with Gasteiger partial charge in [-0.15, -0.1) is 0 Å². The number of pyridine rings is 1. The minimum Gasteiger partial charge on any atom is -0.481 e. The van der Waals surface area contributed by atoms with E-state index in [0.29, 0.717) is 10.9 Å². The summed E-state index contributed by atoms with van der Waals surface area (Å²) in [6, 6.07) is 16.0. The zero-order valence-electron chi connectivity index (χ0n) is 21.4. The number of carbonyl (C=O) groups excluding carboxylic acids is 3. The molecule has 3 rings (SSSR count). The van der Waals surface area contributed by atoms with Crippen LogP contribution in [0.25, 0.3) is 10.9 Å². The summed E-state index contributed by atoms with van der Waals surface area (Å²) in [5.41, 5.74) is 0.417. The number of aliphatic carboxylic acids is 1. The number of hydrogen-bond acceptors (Lipinski definition) is 8.